The van der Waals surface area contributed by atoms with E-state index in [-0.39, 0.29) is 11.5 Å². The van der Waals surface area contributed by atoms with Crippen molar-refractivity contribution in [2.45, 2.75) is 56.3 Å². The van der Waals surface area contributed by atoms with Gasteiger partial charge in [0.05, 0.1) is 23.5 Å². The number of aryl methyl sites for hydroxylation is 1. The summed E-state index contributed by atoms with van der Waals surface area (Å²) in [5, 5.41) is 19.4. The predicted molar refractivity (Wildman–Crippen MR) is 120 cm³/mol. The Morgan fingerprint density at radius 1 is 1.26 bits per heavy atom. The Labute approximate surface area is 199 Å². The van der Waals surface area contributed by atoms with Gasteiger partial charge in [-0.15, -0.1) is 0 Å². The van der Waals surface area contributed by atoms with Crippen molar-refractivity contribution in [1.29, 1.82) is 5.26 Å². The number of aliphatic carboxylic acids is 1. The van der Waals surface area contributed by atoms with Gasteiger partial charge in [0, 0.05) is 25.2 Å². The van der Waals surface area contributed by atoms with Crippen LogP contribution in [0.3, 0.4) is 0 Å². The van der Waals surface area contributed by atoms with E-state index in [1.54, 1.807) is 13.2 Å². The zero-order valence-corrected chi connectivity index (χ0v) is 19.0. The van der Waals surface area contributed by atoms with Gasteiger partial charge in [0.2, 0.25) is 5.91 Å². The van der Waals surface area contributed by atoms with Crippen LogP contribution >= 0.6 is 0 Å². The molecule has 12 heteroatoms. The smallest absolute Gasteiger partial charge is 0.475 e. The molecule has 9 nitrogen and oxygen atoms in total. The lowest BCUT2D eigenvalue weighted by Crippen LogP contribution is -2.57. The van der Waals surface area contributed by atoms with Crippen molar-refractivity contribution in [3.8, 4) is 17.3 Å². The number of alkyl halides is 3. The Balaban J connectivity index is 0.000000540. The molecule has 3 rings (SSSR count). The highest BCUT2D eigenvalue weighted by atomic mass is 19.4. The van der Waals surface area contributed by atoms with E-state index in [2.05, 4.69) is 16.4 Å². The molecule has 35 heavy (non-hydrogen) atoms. The Hall–Kier alpha value is -3.72. The molecule has 1 atom stereocenters. The van der Waals surface area contributed by atoms with E-state index in [0.29, 0.717) is 25.0 Å². The minimum atomic E-state index is -5.08. The zero-order valence-electron chi connectivity index (χ0n) is 19.0. The molecule has 1 amide bonds. The lowest BCUT2D eigenvalue weighted by atomic mass is 9.81. The average Bonchev–Trinajstić information content (AvgIpc) is 2.81. The third-order valence-corrected chi connectivity index (χ3v) is 5.57. The highest BCUT2D eigenvalue weighted by molar-refractivity contribution is 5.86. The molecule has 1 heterocycles. The van der Waals surface area contributed by atoms with Crippen LogP contribution in [0.2, 0.25) is 0 Å². The summed E-state index contributed by atoms with van der Waals surface area (Å²) in [5.41, 5.74) is 7.73. The van der Waals surface area contributed by atoms with Gasteiger partial charge in [0.25, 0.3) is 5.56 Å². The fourth-order valence-electron chi connectivity index (χ4n) is 3.53. The zero-order chi connectivity index (χ0) is 26.2. The van der Waals surface area contributed by atoms with Crippen LogP contribution in [0.15, 0.2) is 41.5 Å². The number of amides is 1. The van der Waals surface area contributed by atoms with E-state index in [9.17, 15) is 28.0 Å². The van der Waals surface area contributed by atoms with Crippen LogP contribution in [0.25, 0.3) is 11.3 Å². The van der Waals surface area contributed by atoms with Crippen LogP contribution in [0.5, 0.6) is 0 Å². The average molecular weight is 493 g/mol. The van der Waals surface area contributed by atoms with Gasteiger partial charge >= 0.3 is 12.1 Å². The second-order valence-corrected chi connectivity index (χ2v) is 8.30. The molecule has 1 aromatic heterocycles. The summed E-state index contributed by atoms with van der Waals surface area (Å²) >= 11 is 0. The molecular weight excluding hydrogens is 467 g/mol. The topological polar surface area (TPSA) is 151 Å². The maximum Gasteiger partial charge on any atom is 0.490 e. The molecule has 0 unspecified atom stereocenters. The minimum Gasteiger partial charge on any atom is -0.475 e. The number of nitriles is 1. The molecule has 188 valence electrons. The predicted octanol–water partition coefficient (Wildman–Crippen LogP) is 2.29. The van der Waals surface area contributed by atoms with E-state index in [4.69, 9.17) is 15.6 Å². The molecule has 2 aromatic rings. The third-order valence-electron chi connectivity index (χ3n) is 5.57. The summed E-state index contributed by atoms with van der Waals surface area (Å²) in [7, 11) is 1.68. The van der Waals surface area contributed by atoms with E-state index in [1.807, 2.05) is 24.3 Å². The summed E-state index contributed by atoms with van der Waals surface area (Å²) in [4.78, 5) is 37.1. The van der Waals surface area contributed by atoms with Gasteiger partial charge in [-0.2, -0.15) is 18.4 Å². The van der Waals surface area contributed by atoms with Crippen molar-refractivity contribution in [3.05, 3.63) is 52.6 Å². The van der Waals surface area contributed by atoms with Crippen molar-refractivity contribution in [1.82, 2.24) is 14.9 Å². The standard InChI is InChI=1S/C21H25N5O2.C2HF3O2/c1-26-14-18(24-13-19(26)27)16-7-5-15(6-8-16)11-17(12-22)25-20(28)21(23)9-3-2-4-10-21;3-2(4,5)1(6)7/h5-8,13-14,17H,2-4,9-11,23H2,1H3,(H,25,28);(H,6,7)/t17-;/m0./s1. The van der Waals surface area contributed by atoms with Crippen molar-refractivity contribution in [2.75, 3.05) is 0 Å². The Morgan fingerprint density at radius 3 is 2.31 bits per heavy atom. The van der Waals surface area contributed by atoms with Gasteiger partial charge in [-0.25, -0.2) is 9.78 Å². The lowest BCUT2D eigenvalue weighted by Gasteiger charge is -2.32. The molecule has 1 aliphatic carbocycles. The van der Waals surface area contributed by atoms with Crippen LogP contribution in [-0.2, 0) is 23.1 Å². The summed E-state index contributed by atoms with van der Waals surface area (Å²) in [5.74, 6) is -2.99. The number of hydrogen-bond donors (Lipinski definition) is 3. The number of rotatable bonds is 5. The first kappa shape index (κ1) is 27.5. The van der Waals surface area contributed by atoms with Gasteiger partial charge in [0.1, 0.15) is 6.04 Å². The number of benzene rings is 1. The van der Waals surface area contributed by atoms with E-state index >= 15 is 0 Å². The molecule has 0 aliphatic heterocycles. The Kier molecular flexibility index (Phi) is 9.13. The fourth-order valence-corrected chi connectivity index (χ4v) is 3.53. The number of halogens is 3. The van der Waals surface area contributed by atoms with Crippen LogP contribution in [-0.4, -0.2) is 44.3 Å². The van der Waals surface area contributed by atoms with Gasteiger partial charge in [-0.3, -0.25) is 9.59 Å². The third kappa shape index (κ3) is 7.92. The fraction of sp³-hybridized carbons (Fsp3) is 0.435. The Morgan fingerprint density at radius 2 is 1.83 bits per heavy atom. The van der Waals surface area contributed by atoms with Crippen molar-refractivity contribution in [2.24, 2.45) is 12.8 Å². The molecule has 0 radical (unpaired) electrons. The number of hydrogen-bond acceptors (Lipinski definition) is 6. The van der Waals surface area contributed by atoms with E-state index < -0.39 is 23.7 Å². The molecule has 1 aromatic carbocycles. The Bertz CT molecular complexity index is 1130. The SMILES string of the molecule is Cn1cc(-c2ccc(C[C@@H](C#N)NC(=O)C3(N)CCCCC3)cc2)ncc1=O.O=C(O)C(F)(F)F. The van der Waals surface area contributed by atoms with E-state index in [0.717, 1.165) is 30.4 Å². The van der Waals surface area contributed by atoms with Gasteiger partial charge < -0.3 is 20.7 Å². The highest BCUT2D eigenvalue weighted by Gasteiger charge is 2.38. The van der Waals surface area contributed by atoms with Crippen LogP contribution in [0.4, 0.5) is 13.2 Å². The van der Waals surface area contributed by atoms with Crippen LogP contribution in [0, 0.1) is 11.3 Å². The largest absolute Gasteiger partial charge is 0.490 e. The second-order valence-electron chi connectivity index (χ2n) is 8.30. The summed E-state index contributed by atoms with van der Waals surface area (Å²) < 4.78 is 33.2. The highest BCUT2D eigenvalue weighted by Crippen LogP contribution is 2.26. The summed E-state index contributed by atoms with van der Waals surface area (Å²) in [6.45, 7) is 0. The summed E-state index contributed by atoms with van der Waals surface area (Å²) in [6, 6.07) is 9.12. The number of carbonyl (C=O) groups is 2. The van der Waals surface area contributed by atoms with Gasteiger partial charge in [0.15, 0.2) is 0 Å². The number of nitrogens with one attached hydrogen (secondary N) is 1. The quantitative estimate of drug-likeness (QED) is 0.578. The van der Waals surface area contributed by atoms with E-state index in [1.165, 1.54) is 10.8 Å². The van der Waals surface area contributed by atoms with Crippen LogP contribution < -0.4 is 16.6 Å². The number of nitrogens with two attached hydrogens (primary N) is 1. The number of carboxylic acid groups (broad SMARTS) is 1. The maximum atomic E-state index is 12.6. The molecule has 0 bridgehead atoms. The molecule has 0 spiro atoms. The van der Waals surface area contributed by atoms with Gasteiger partial charge in [-0.05, 0) is 18.4 Å². The first-order valence-corrected chi connectivity index (χ1v) is 10.8. The number of nitrogens with zero attached hydrogens (tertiary/aromatic N) is 3. The number of carboxylic acids is 1. The molecular formula is C23H26F3N5O4. The first-order valence-electron chi connectivity index (χ1n) is 10.8. The molecule has 1 fully saturated rings. The molecule has 1 aliphatic rings. The van der Waals surface area contributed by atoms with Crippen LogP contribution in [0.1, 0.15) is 37.7 Å². The molecule has 1 saturated carbocycles. The number of carbonyl (C=O) groups excluding carboxylic acids is 1. The second kappa shape index (κ2) is 11.6. The summed E-state index contributed by atoms with van der Waals surface area (Å²) in [6.07, 6.45) is 2.61. The van der Waals surface area contributed by atoms with Crippen molar-refractivity contribution < 1.29 is 27.9 Å². The first-order chi connectivity index (χ1) is 16.4. The normalized spacial score (nSPS) is 15.7. The molecule has 4 N–H and O–H groups in total. The maximum absolute atomic E-state index is 12.6. The van der Waals surface area contributed by atoms with Gasteiger partial charge in [-0.1, -0.05) is 43.5 Å². The van der Waals surface area contributed by atoms with Crippen molar-refractivity contribution in [3.63, 3.8) is 0 Å². The number of aromatic nitrogens is 2. The van der Waals surface area contributed by atoms with Crippen molar-refractivity contribution >= 4 is 11.9 Å². The molecule has 0 saturated heterocycles. The lowest BCUT2D eigenvalue weighted by molar-refractivity contribution is -0.192. The minimum absolute atomic E-state index is 0.163. The monoisotopic (exact) mass is 493 g/mol.